The summed E-state index contributed by atoms with van der Waals surface area (Å²) in [7, 11) is 3.16. The zero-order valence-electron chi connectivity index (χ0n) is 17.6. The van der Waals surface area contributed by atoms with E-state index in [9.17, 15) is 9.59 Å². The minimum atomic E-state index is -0.355. The highest BCUT2D eigenvalue weighted by molar-refractivity contribution is 6.19. The SMILES string of the molecule is COc1ccc(CCN2CC(=O)N(c3cnn(Cc4cnoc4C)c3)C2=O)cc1OC. The molecule has 0 radical (unpaired) electrons. The molecule has 0 bridgehead atoms. The van der Waals surface area contributed by atoms with E-state index in [0.29, 0.717) is 42.5 Å². The molecule has 1 aliphatic rings. The van der Waals surface area contributed by atoms with Crippen LogP contribution < -0.4 is 14.4 Å². The fraction of sp³-hybridized carbons (Fsp3) is 0.333. The average molecular weight is 425 g/mol. The molecule has 0 aliphatic carbocycles. The van der Waals surface area contributed by atoms with Crippen molar-refractivity contribution in [1.82, 2.24) is 19.8 Å². The third-order valence-corrected chi connectivity index (χ3v) is 5.22. The average Bonchev–Trinajstić information content (AvgIpc) is 3.46. The van der Waals surface area contributed by atoms with Gasteiger partial charge in [0.2, 0.25) is 0 Å². The molecule has 3 heterocycles. The minimum Gasteiger partial charge on any atom is -0.493 e. The van der Waals surface area contributed by atoms with E-state index in [-0.39, 0.29) is 18.5 Å². The topological polar surface area (TPSA) is 103 Å². The van der Waals surface area contributed by atoms with E-state index in [2.05, 4.69) is 10.3 Å². The molecule has 2 aromatic heterocycles. The van der Waals surface area contributed by atoms with Crippen LogP contribution in [0.4, 0.5) is 10.5 Å². The lowest BCUT2D eigenvalue weighted by atomic mass is 10.1. The summed E-state index contributed by atoms with van der Waals surface area (Å²) < 4.78 is 17.3. The maximum atomic E-state index is 12.9. The van der Waals surface area contributed by atoms with Gasteiger partial charge in [-0.15, -0.1) is 0 Å². The fourth-order valence-corrected chi connectivity index (χ4v) is 3.48. The molecule has 4 rings (SSSR count). The number of rotatable bonds is 8. The number of aryl methyl sites for hydroxylation is 1. The Morgan fingerprint density at radius 3 is 2.65 bits per heavy atom. The molecule has 0 unspecified atom stereocenters. The number of imide groups is 1. The number of carbonyl (C=O) groups excluding carboxylic acids is 2. The summed E-state index contributed by atoms with van der Waals surface area (Å²) in [6, 6.07) is 5.25. The van der Waals surface area contributed by atoms with Gasteiger partial charge in [0, 0.05) is 18.3 Å². The van der Waals surface area contributed by atoms with Crippen molar-refractivity contribution in [3.05, 3.63) is 53.7 Å². The monoisotopic (exact) mass is 425 g/mol. The molecule has 0 N–H and O–H groups in total. The summed E-state index contributed by atoms with van der Waals surface area (Å²) in [6.45, 7) is 2.69. The molecule has 162 valence electrons. The van der Waals surface area contributed by atoms with Gasteiger partial charge in [-0.25, -0.2) is 9.69 Å². The van der Waals surface area contributed by atoms with Crippen LogP contribution in [0.25, 0.3) is 0 Å². The second kappa shape index (κ2) is 8.50. The zero-order valence-corrected chi connectivity index (χ0v) is 17.6. The van der Waals surface area contributed by atoms with Gasteiger partial charge < -0.3 is 18.9 Å². The molecular weight excluding hydrogens is 402 g/mol. The molecule has 1 aliphatic heterocycles. The predicted molar refractivity (Wildman–Crippen MR) is 110 cm³/mol. The lowest BCUT2D eigenvalue weighted by molar-refractivity contribution is -0.116. The number of aromatic nitrogens is 3. The van der Waals surface area contributed by atoms with Gasteiger partial charge in [0.1, 0.15) is 12.3 Å². The lowest BCUT2D eigenvalue weighted by Crippen LogP contribution is -2.33. The van der Waals surface area contributed by atoms with Crippen molar-refractivity contribution < 1.29 is 23.6 Å². The van der Waals surface area contributed by atoms with E-state index >= 15 is 0 Å². The third kappa shape index (κ3) is 4.09. The van der Waals surface area contributed by atoms with E-state index in [1.807, 2.05) is 25.1 Å². The van der Waals surface area contributed by atoms with Crippen molar-refractivity contribution in [2.24, 2.45) is 0 Å². The van der Waals surface area contributed by atoms with E-state index < -0.39 is 0 Å². The van der Waals surface area contributed by atoms with Crippen LogP contribution in [0.1, 0.15) is 16.9 Å². The highest BCUT2D eigenvalue weighted by atomic mass is 16.5. The van der Waals surface area contributed by atoms with Crippen LogP contribution in [0.3, 0.4) is 0 Å². The highest BCUT2D eigenvalue weighted by Crippen LogP contribution is 2.28. The number of hydrogen-bond acceptors (Lipinski definition) is 7. The van der Waals surface area contributed by atoms with Crippen molar-refractivity contribution in [1.29, 1.82) is 0 Å². The number of amides is 3. The first-order valence-electron chi connectivity index (χ1n) is 9.75. The van der Waals surface area contributed by atoms with Crippen LogP contribution in [0.2, 0.25) is 0 Å². The Hall–Kier alpha value is -3.82. The van der Waals surface area contributed by atoms with Crippen molar-refractivity contribution in [2.75, 3.05) is 32.2 Å². The molecule has 31 heavy (non-hydrogen) atoms. The fourth-order valence-electron chi connectivity index (χ4n) is 3.48. The minimum absolute atomic E-state index is 0.0298. The Balaban J connectivity index is 1.42. The number of nitrogens with zero attached hydrogens (tertiary/aromatic N) is 5. The standard InChI is InChI=1S/C21H23N5O5/c1-14-16(9-23-31-14)11-25-12-17(10-22-25)26-20(27)13-24(21(26)28)7-6-15-4-5-18(29-2)19(8-15)30-3/h4-5,8-10,12H,6-7,11,13H2,1-3H3. The summed E-state index contributed by atoms with van der Waals surface area (Å²) in [5, 5.41) is 8.00. The first kappa shape index (κ1) is 20.5. The van der Waals surface area contributed by atoms with Gasteiger partial charge in [-0.2, -0.15) is 5.10 Å². The van der Waals surface area contributed by atoms with Gasteiger partial charge in [0.15, 0.2) is 11.5 Å². The maximum absolute atomic E-state index is 12.9. The first-order chi connectivity index (χ1) is 15.0. The third-order valence-electron chi connectivity index (χ3n) is 5.22. The first-order valence-corrected chi connectivity index (χ1v) is 9.75. The largest absolute Gasteiger partial charge is 0.493 e. The Bertz CT molecular complexity index is 1110. The number of anilines is 1. The number of carbonyl (C=O) groups is 2. The van der Waals surface area contributed by atoms with E-state index in [4.69, 9.17) is 14.0 Å². The Morgan fingerprint density at radius 2 is 1.94 bits per heavy atom. The normalized spacial score (nSPS) is 13.9. The number of methoxy groups -OCH3 is 2. The van der Waals surface area contributed by atoms with Crippen LogP contribution in [0.5, 0.6) is 11.5 Å². The summed E-state index contributed by atoms with van der Waals surface area (Å²) in [6.07, 6.45) is 5.38. The predicted octanol–water partition coefficient (Wildman–Crippen LogP) is 2.26. The summed E-state index contributed by atoms with van der Waals surface area (Å²) in [5.41, 5.74) is 2.30. The van der Waals surface area contributed by atoms with Crippen molar-refractivity contribution in [2.45, 2.75) is 19.9 Å². The van der Waals surface area contributed by atoms with E-state index in [0.717, 1.165) is 11.1 Å². The van der Waals surface area contributed by atoms with Crippen LogP contribution in [-0.4, -0.2) is 59.1 Å². The lowest BCUT2D eigenvalue weighted by Gasteiger charge is -2.16. The van der Waals surface area contributed by atoms with Gasteiger partial charge in [-0.1, -0.05) is 11.2 Å². The summed E-state index contributed by atoms with van der Waals surface area (Å²) >= 11 is 0. The molecule has 1 fully saturated rings. The Kier molecular flexibility index (Phi) is 5.61. The van der Waals surface area contributed by atoms with Gasteiger partial charge in [0.05, 0.1) is 38.8 Å². The molecule has 0 atom stereocenters. The van der Waals surface area contributed by atoms with Gasteiger partial charge in [0.25, 0.3) is 5.91 Å². The maximum Gasteiger partial charge on any atom is 0.331 e. The second-order valence-electron chi connectivity index (χ2n) is 7.18. The molecule has 10 heteroatoms. The van der Waals surface area contributed by atoms with E-state index in [1.165, 1.54) is 16.0 Å². The van der Waals surface area contributed by atoms with Crippen molar-refractivity contribution in [3.8, 4) is 11.5 Å². The van der Waals surface area contributed by atoms with Crippen molar-refractivity contribution >= 4 is 17.6 Å². The van der Waals surface area contributed by atoms with Gasteiger partial charge >= 0.3 is 6.03 Å². The van der Waals surface area contributed by atoms with Crippen LogP contribution in [0.15, 0.2) is 41.3 Å². The summed E-state index contributed by atoms with van der Waals surface area (Å²) in [5.74, 6) is 1.69. The van der Waals surface area contributed by atoms with Crippen molar-refractivity contribution in [3.63, 3.8) is 0 Å². The molecular formula is C21H23N5O5. The molecule has 1 saturated heterocycles. The molecule has 3 aromatic rings. The molecule has 3 amide bonds. The Labute approximate surface area is 178 Å². The number of benzene rings is 1. The van der Waals surface area contributed by atoms with Gasteiger partial charge in [-0.05, 0) is 31.0 Å². The van der Waals surface area contributed by atoms with Gasteiger partial charge in [-0.3, -0.25) is 9.48 Å². The molecule has 0 saturated carbocycles. The smallest absolute Gasteiger partial charge is 0.331 e. The number of ether oxygens (including phenoxy) is 2. The molecule has 10 nitrogen and oxygen atoms in total. The number of urea groups is 1. The Morgan fingerprint density at radius 1 is 1.13 bits per heavy atom. The van der Waals surface area contributed by atoms with Crippen LogP contribution in [-0.2, 0) is 17.8 Å². The van der Waals surface area contributed by atoms with E-state index in [1.54, 1.807) is 31.3 Å². The summed E-state index contributed by atoms with van der Waals surface area (Å²) in [4.78, 5) is 28.1. The highest BCUT2D eigenvalue weighted by Gasteiger charge is 2.37. The van der Waals surface area contributed by atoms with Crippen LogP contribution >= 0.6 is 0 Å². The quantitative estimate of drug-likeness (QED) is 0.510. The molecule has 0 spiro atoms. The van der Waals surface area contributed by atoms with Crippen LogP contribution in [0, 0.1) is 6.92 Å². The second-order valence-corrected chi connectivity index (χ2v) is 7.18. The number of hydrogen-bond donors (Lipinski definition) is 0. The zero-order chi connectivity index (χ0) is 22.0. The molecule has 1 aromatic carbocycles.